The molecular weight excluding hydrogens is 332 g/mol. The fraction of sp³-hybridized carbons (Fsp3) is 0.600. The lowest BCUT2D eigenvalue weighted by atomic mass is 9.97. The van der Waals surface area contributed by atoms with E-state index in [1.165, 1.54) is 6.42 Å². The van der Waals surface area contributed by atoms with Crippen LogP contribution in [0.2, 0.25) is 0 Å². The summed E-state index contributed by atoms with van der Waals surface area (Å²) in [5, 5.41) is 0. The number of hydrogen-bond acceptors (Lipinski definition) is 4. The molecule has 2 amide bonds. The van der Waals surface area contributed by atoms with E-state index in [-0.39, 0.29) is 24.2 Å². The van der Waals surface area contributed by atoms with E-state index in [1.807, 2.05) is 11.0 Å². The summed E-state index contributed by atoms with van der Waals surface area (Å²) in [5.74, 6) is 1.07. The number of likely N-dealkylation sites (tertiary alicyclic amines) is 1. The number of rotatable bonds is 5. The second kappa shape index (κ2) is 7.98. The van der Waals surface area contributed by atoms with Gasteiger partial charge >= 0.3 is 0 Å². The van der Waals surface area contributed by atoms with Crippen molar-refractivity contribution < 1.29 is 19.1 Å². The van der Waals surface area contributed by atoms with Crippen molar-refractivity contribution in [1.82, 2.24) is 4.90 Å². The van der Waals surface area contributed by atoms with E-state index in [2.05, 4.69) is 6.92 Å². The highest BCUT2D eigenvalue weighted by molar-refractivity contribution is 6.01. The maximum absolute atomic E-state index is 13.0. The predicted octanol–water partition coefficient (Wildman–Crippen LogP) is 2.85. The fourth-order valence-corrected chi connectivity index (χ4v) is 4.06. The summed E-state index contributed by atoms with van der Waals surface area (Å²) < 4.78 is 10.6. The maximum Gasteiger partial charge on any atom is 0.228 e. The molecule has 0 spiro atoms. The molecule has 1 aromatic rings. The van der Waals surface area contributed by atoms with Gasteiger partial charge in [-0.1, -0.05) is 6.92 Å². The Morgan fingerprint density at radius 2 is 2.04 bits per heavy atom. The Hall–Kier alpha value is -2.24. The zero-order valence-electron chi connectivity index (χ0n) is 15.9. The first kappa shape index (κ1) is 18.5. The van der Waals surface area contributed by atoms with Crippen LogP contribution >= 0.6 is 0 Å². The number of piperidine rings is 1. The molecule has 0 aromatic heterocycles. The molecule has 2 aliphatic heterocycles. The number of nitrogens with zero attached hydrogens (tertiary/aromatic N) is 2. The Morgan fingerprint density at radius 3 is 2.73 bits per heavy atom. The van der Waals surface area contributed by atoms with Crippen molar-refractivity contribution in [3.05, 3.63) is 18.2 Å². The smallest absolute Gasteiger partial charge is 0.228 e. The molecule has 3 rings (SSSR count). The van der Waals surface area contributed by atoms with Gasteiger partial charge in [-0.25, -0.2) is 0 Å². The lowest BCUT2D eigenvalue weighted by Crippen LogP contribution is -2.46. The van der Waals surface area contributed by atoms with Crippen molar-refractivity contribution in [2.45, 2.75) is 45.1 Å². The molecule has 0 N–H and O–H groups in total. The molecule has 0 radical (unpaired) electrons. The first-order valence-corrected chi connectivity index (χ1v) is 9.41. The third-order valence-electron chi connectivity index (χ3n) is 5.53. The summed E-state index contributed by atoms with van der Waals surface area (Å²) in [4.78, 5) is 29.3. The van der Waals surface area contributed by atoms with Gasteiger partial charge in [-0.05, 0) is 37.8 Å². The molecule has 2 aliphatic rings. The number of carbonyl (C=O) groups is 2. The number of amides is 2. The fourth-order valence-electron chi connectivity index (χ4n) is 4.06. The van der Waals surface area contributed by atoms with Gasteiger partial charge in [0.05, 0.1) is 25.8 Å². The van der Waals surface area contributed by atoms with Crippen LogP contribution in [0.25, 0.3) is 0 Å². The van der Waals surface area contributed by atoms with Gasteiger partial charge in [0.15, 0.2) is 0 Å². The van der Waals surface area contributed by atoms with E-state index < -0.39 is 0 Å². The quantitative estimate of drug-likeness (QED) is 0.810. The molecule has 0 unspecified atom stereocenters. The van der Waals surface area contributed by atoms with Crippen molar-refractivity contribution in [3.63, 3.8) is 0 Å². The molecule has 0 saturated carbocycles. The van der Waals surface area contributed by atoms with Crippen molar-refractivity contribution >= 4 is 17.5 Å². The number of hydrogen-bond donors (Lipinski definition) is 0. The Bertz CT molecular complexity index is 676. The summed E-state index contributed by atoms with van der Waals surface area (Å²) in [6, 6.07) is 5.70. The second-order valence-corrected chi connectivity index (χ2v) is 7.03. The molecule has 2 heterocycles. The van der Waals surface area contributed by atoms with E-state index in [0.29, 0.717) is 29.8 Å². The average molecular weight is 360 g/mol. The number of benzene rings is 1. The zero-order valence-corrected chi connectivity index (χ0v) is 15.9. The first-order valence-electron chi connectivity index (χ1n) is 9.41. The highest BCUT2D eigenvalue weighted by Gasteiger charge is 2.40. The Balaban J connectivity index is 1.77. The van der Waals surface area contributed by atoms with Crippen LogP contribution in [0.4, 0.5) is 5.69 Å². The number of methoxy groups -OCH3 is 2. The zero-order chi connectivity index (χ0) is 18.7. The summed E-state index contributed by atoms with van der Waals surface area (Å²) in [6.07, 6.45) is 4.54. The van der Waals surface area contributed by atoms with E-state index in [0.717, 1.165) is 25.8 Å². The lowest BCUT2D eigenvalue weighted by molar-refractivity contribution is -0.139. The van der Waals surface area contributed by atoms with Crippen LogP contribution in [0.3, 0.4) is 0 Å². The molecular formula is C20H28N2O4. The Labute approximate surface area is 155 Å². The van der Waals surface area contributed by atoms with Gasteiger partial charge in [-0.3, -0.25) is 9.59 Å². The average Bonchev–Trinajstić information content (AvgIpc) is 3.08. The molecule has 26 heavy (non-hydrogen) atoms. The van der Waals surface area contributed by atoms with Crippen LogP contribution in [0, 0.1) is 5.92 Å². The molecule has 1 aromatic carbocycles. The molecule has 2 saturated heterocycles. The minimum atomic E-state index is -0.276. The lowest BCUT2D eigenvalue weighted by Gasteiger charge is -2.36. The van der Waals surface area contributed by atoms with E-state index in [9.17, 15) is 9.59 Å². The summed E-state index contributed by atoms with van der Waals surface area (Å²) in [7, 11) is 3.16. The summed E-state index contributed by atoms with van der Waals surface area (Å²) in [5.41, 5.74) is 0.694. The van der Waals surface area contributed by atoms with E-state index in [1.54, 1.807) is 31.3 Å². The monoisotopic (exact) mass is 360 g/mol. The van der Waals surface area contributed by atoms with Crippen LogP contribution in [0.15, 0.2) is 18.2 Å². The highest BCUT2D eigenvalue weighted by Crippen LogP contribution is 2.36. The van der Waals surface area contributed by atoms with Crippen molar-refractivity contribution in [2.75, 3.05) is 32.2 Å². The van der Waals surface area contributed by atoms with Crippen molar-refractivity contribution in [1.29, 1.82) is 0 Å². The van der Waals surface area contributed by atoms with E-state index in [4.69, 9.17) is 9.47 Å². The topological polar surface area (TPSA) is 59.1 Å². The molecule has 6 heteroatoms. The summed E-state index contributed by atoms with van der Waals surface area (Å²) >= 11 is 0. The highest BCUT2D eigenvalue weighted by atomic mass is 16.5. The molecule has 2 atom stereocenters. The van der Waals surface area contributed by atoms with Gasteiger partial charge in [0, 0.05) is 31.6 Å². The number of carbonyl (C=O) groups excluding carboxylic acids is 2. The number of ether oxygens (including phenoxy) is 2. The summed E-state index contributed by atoms with van der Waals surface area (Å²) in [6.45, 7) is 3.35. The van der Waals surface area contributed by atoms with Gasteiger partial charge in [-0.15, -0.1) is 0 Å². The number of anilines is 1. The van der Waals surface area contributed by atoms with Crippen molar-refractivity contribution in [2.24, 2.45) is 5.92 Å². The van der Waals surface area contributed by atoms with Gasteiger partial charge in [0.25, 0.3) is 0 Å². The molecule has 0 bridgehead atoms. The normalized spacial score (nSPS) is 23.3. The minimum absolute atomic E-state index is 0.0307. The van der Waals surface area contributed by atoms with Gasteiger partial charge in [0.1, 0.15) is 11.5 Å². The van der Waals surface area contributed by atoms with Gasteiger partial charge in [-0.2, -0.15) is 0 Å². The molecule has 142 valence electrons. The third kappa shape index (κ3) is 3.50. The SMILES string of the molecule is CC[C@@H]1CCCCN1C(=O)[C@H]1CC(=O)N(c2ccc(OC)cc2OC)C1. The van der Waals surface area contributed by atoms with E-state index >= 15 is 0 Å². The van der Waals surface area contributed by atoms with Crippen LogP contribution < -0.4 is 14.4 Å². The van der Waals surface area contributed by atoms with Crippen LogP contribution in [-0.4, -0.2) is 50.1 Å². The standard InChI is InChI=1S/C20H28N2O4/c1-4-15-7-5-6-10-21(15)20(24)14-11-19(23)22(13-14)17-9-8-16(25-2)12-18(17)26-3/h8-9,12,14-15H,4-7,10-11,13H2,1-3H3/t14-,15+/m0/s1. The third-order valence-corrected chi connectivity index (χ3v) is 5.53. The Morgan fingerprint density at radius 1 is 1.23 bits per heavy atom. The van der Waals surface area contributed by atoms with Crippen LogP contribution in [0.1, 0.15) is 39.0 Å². The van der Waals surface area contributed by atoms with Gasteiger partial charge < -0.3 is 19.3 Å². The van der Waals surface area contributed by atoms with Crippen LogP contribution in [0.5, 0.6) is 11.5 Å². The maximum atomic E-state index is 13.0. The molecule has 6 nitrogen and oxygen atoms in total. The Kier molecular flexibility index (Phi) is 5.69. The minimum Gasteiger partial charge on any atom is -0.497 e. The second-order valence-electron chi connectivity index (χ2n) is 7.03. The molecule has 2 fully saturated rings. The van der Waals surface area contributed by atoms with Crippen LogP contribution in [-0.2, 0) is 9.59 Å². The largest absolute Gasteiger partial charge is 0.497 e. The van der Waals surface area contributed by atoms with Gasteiger partial charge in [0.2, 0.25) is 11.8 Å². The first-order chi connectivity index (χ1) is 12.6. The molecule has 0 aliphatic carbocycles. The van der Waals surface area contributed by atoms with Crippen molar-refractivity contribution in [3.8, 4) is 11.5 Å². The predicted molar refractivity (Wildman–Crippen MR) is 99.6 cm³/mol.